The van der Waals surface area contributed by atoms with E-state index in [-0.39, 0.29) is 0 Å². The number of hydrogen-bond acceptors (Lipinski definition) is 3. The fraction of sp³-hybridized carbons (Fsp3) is 0.300. The first kappa shape index (κ1) is 14.8. The minimum absolute atomic E-state index is 0.580. The van der Waals surface area contributed by atoms with Crippen LogP contribution in [-0.2, 0) is 0 Å². The van der Waals surface area contributed by atoms with Gasteiger partial charge in [0.05, 0.1) is 11.6 Å². The third-order valence-corrected chi connectivity index (χ3v) is 5.05. The number of anilines is 1. The number of para-hydroxylation sites is 1. The average molecular weight is 316 g/mol. The Morgan fingerprint density at radius 2 is 2.00 bits per heavy atom. The summed E-state index contributed by atoms with van der Waals surface area (Å²) in [7, 11) is 0. The van der Waals surface area contributed by atoms with Gasteiger partial charge in [-0.3, -0.25) is 0 Å². The molecule has 1 aliphatic rings. The molecule has 3 aromatic rings. The van der Waals surface area contributed by atoms with E-state index in [1.54, 1.807) is 12.3 Å². The molecular formula is C20H20N4. The van der Waals surface area contributed by atoms with E-state index < -0.39 is 0 Å². The smallest absolute Gasteiger partial charge is 0.129 e. The molecule has 24 heavy (non-hydrogen) atoms. The van der Waals surface area contributed by atoms with E-state index in [0.29, 0.717) is 11.5 Å². The Labute approximate surface area is 141 Å². The second kappa shape index (κ2) is 6.01. The lowest BCUT2D eigenvalue weighted by Gasteiger charge is -2.33. The Balaban J connectivity index is 1.55. The number of nitrogens with zero attached hydrogens (tertiary/aromatic N) is 3. The summed E-state index contributed by atoms with van der Waals surface area (Å²) in [6, 6.07) is 14.4. The van der Waals surface area contributed by atoms with Crippen molar-refractivity contribution in [1.82, 2.24) is 9.97 Å². The molecule has 4 rings (SSSR count). The number of piperidine rings is 1. The van der Waals surface area contributed by atoms with Gasteiger partial charge in [0, 0.05) is 35.9 Å². The fourth-order valence-corrected chi connectivity index (χ4v) is 3.88. The monoisotopic (exact) mass is 316 g/mol. The number of hydrogen-bond donors (Lipinski definition) is 1. The summed E-state index contributed by atoms with van der Waals surface area (Å²) >= 11 is 0. The van der Waals surface area contributed by atoms with Gasteiger partial charge < -0.3 is 9.88 Å². The van der Waals surface area contributed by atoms with Gasteiger partial charge in [-0.25, -0.2) is 4.98 Å². The van der Waals surface area contributed by atoms with Gasteiger partial charge in [-0.15, -0.1) is 0 Å². The molecule has 1 aromatic carbocycles. The van der Waals surface area contributed by atoms with E-state index in [0.717, 1.165) is 31.7 Å². The van der Waals surface area contributed by atoms with Crippen LogP contribution in [0.2, 0.25) is 0 Å². The normalized spacial score (nSPS) is 15.6. The highest BCUT2D eigenvalue weighted by atomic mass is 15.2. The number of aromatic nitrogens is 2. The molecule has 0 bridgehead atoms. The molecule has 0 spiro atoms. The summed E-state index contributed by atoms with van der Waals surface area (Å²) in [5.41, 5.74) is 4.67. The summed E-state index contributed by atoms with van der Waals surface area (Å²) in [5, 5.41) is 10.4. The van der Waals surface area contributed by atoms with Crippen LogP contribution in [0.1, 0.15) is 35.6 Å². The zero-order valence-electron chi connectivity index (χ0n) is 13.8. The second-order valence-corrected chi connectivity index (χ2v) is 6.49. The molecule has 0 radical (unpaired) electrons. The molecule has 1 fully saturated rings. The Bertz CT molecular complexity index is 911. The number of pyridine rings is 1. The summed E-state index contributed by atoms with van der Waals surface area (Å²) in [5.74, 6) is 1.50. The molecule has 0 saturated carbocycles. The third-order valence-electron chi connectivity index (χ3n) is 5.05. The number of benzene rings is 1. The summed E-state index contributed by atoms with van der Waals surface area (Å²) in [4.78, 5) is 10.2. The van der Waals surface area contributed by atoms with Crippen molar-refractivity contribution in [3.8, 4) is 6.07 Å². The van der Waals surface area contributed by atoms with Gasteiger partial charge in [0.2, 0.25) is 0 Å². The molecule has 0 atom stereocenters. The van der Waals surface area contributed by atoms with E-state index in [2.05, 4.69) is 52.1 Å². The number of aromatic amines is 1. The first-order valence-corrected chi connectivity index (χ1v) is 8.44. The largest absolute Gasteiger partial charge is 0.358 e. The Morgan fingerprint density at radius 3 is 2.79 bits per heavy atom. The first-order valence-electron chi connectivity index (χ1n) is 8.44. The minimum Gasteiger partial charge on any atom is -0.358 e. The number of nitrogens with one attached hydrogen (secondary N) is 1. The lowest BCUT2D eigenvalue weighted by Crippen LogP contribution is -2.33. The van der Waals surface area contributed by atoms with E-state index in [9.17, 15) is 0 Å². The number of aryl methyl sites for hydroxylation is 1. The molecular weight excluding hydrogens is 296 g/mol. The lowest BCUT2D eigenvalue weighted by molar-refractivity contribution is 0.503. The van der Waals surface area contributed by atoms with Crippen molar-refractivity contribution in [2.45, 2.75) is 25.7 Å². The van der Waals surface area contributed by atoms with E-state index in [1.165, 1.54) is 22.2 Å². The lowest BCUT2D eigenvalue weighted by atomic mass is 9.87. The predicted molar refractivity (Wildman–Crippen MR) is 96.2 cm³/mol. The number of rotatable bonds is 2. The van der Waals surface area contributed by atoms with Crippen molar-refractivity contribution in [1.29, 1.82) is 5.26 Å². The fourth-order valence-electron chi connectivity index (χ4n) is 3.88. The van der Waals surface area contributed by atoms with Crippen LogP contribution in [-0.4, -0.2) is 23.1 Å². The standard InChI is InChI=1S/C20H20N4/c1-14-20(17-4-2-3-5-18(17)23-14)16-7-10-24(11-8-16)19-12-15(13-21)6-9-22-19/h2-6,9,12,16,23H,7-8,10-11H2,1H3. The molecule has 4 heteroatoms. The van der Waals surface area contributed by atoms with Gasteiger partial charge >= 0.3 is 0 Å². The Hall–Kier alpha value is -2.80. The Morgan fingerprint density at radius 1 is 1.21 bits per heavy atom. The molecule has 2 aromatic heterocycles. The zero-order valence-corrected chi connectivity index (χ0v) is 13.8. The van der Waals surface area contributed by atoms with Crippen LogP contribution < -0.4 is 4.90 Å². The molecule has 0 aliphatic carbocycles. The molecule has 4 nitrogen and oxygen atoms in total. The van der Waals surface area contributed by atoms with E-state index in [1.807, 2.05) is 6.07 Å². The maximum Gasteiger partial charge on any atom is 0.129 e. The van der Waals surface area contributed by atoms with Crippen LogP contribution in [0.4, 0.5) is 5.82 Å². The topological polar surface area (TPSA) is 55.7 Å². The minimum atomic E-state index is 0.580. The van der Waals surface area contributed by atoms with Crippen molar-refractivity contribution < 1.29 is 0 Å². The molecule has 1 aliphatic heterocycles. The van der Waals surface area contributed by atoms with Crippen LogP contribution in [0.25, 0.3) is 10.9 Å². The number of fused-ring (bicyclic) bond motifs is 1. The number of H-pyrrole nitrogens is 1. The molecule has 3 heterocycles. The van der Waals surface area contributed by atoms with Crippen LogP contribution in [0.5, 0.6) is 0 Å². The molecule has 1 saturated heterocycles. The molecule has 0 amide bonds. The van der Waals surface area contributed by atoms with Crippen molar-refractivity contribution in [3.63, 3.8) is 0 Å². The average Bonchev–Trinajstić information content (AvgIpc) is 2.97. The Kier molecular flexibility index (Phi) is 3.70. The van der Waals surface area contributed by atoms with Gasteiger partial charge in [-0.2, -0.15) is 5.26 Å². The van der Waals surface area contributed by atoms with Gasteiger partial charge in [-0.1, -0.05) is 18.2 Å². The highest BCUT2D eigenvalue weighted by Crippen LogP contribution is 2.36. The zero-order chi connectivity index (χ0) is 16.5. The van der Waals surface area contributed by atoms with Crippen molar-refractivity contribution >= 4 is 16.7 Å². The first-order chi connectivity index (χ1) is 11.8. The summed E-state index contributed by atoms with van der Waals surface area (Å²) < 4.78 is 0. The SMILES string of the molecule is Cc1[nH]c2ccccc2c1C1CCN(c2cc(C#N)ccn2)CC1. The quantitative estimate of drug-likeness (QED) is 0.773. The molecule has 1 N–H and O–H groups in total. The number of nitriles is 1. The van der Waals surface area contributed by atoms with Crippen molar-refractivity contribution in [3.05, 3.63) is 59.4 Å². The van der Waals surface area contributed by atoms with E-state index in [4.69, 9.17) is 5.26 Å². The molecule has 120 valence electrons. The van der Waals surface area contributed by atoms with E-state index >= 15 is 0 Å². The summed E-state index contributed by atoms with van der Waals surface area (Å²) in [6.45, 7) is 4.14. The molecule has 0 unspecified atom stereocenters. The van der Waals surface area contributed by atoms with Crippen LogP contribution in [0, 0.1) is 18.3 Å². The van der Waals surface area contributed by atoms with Crippen LogP contribution in [0.3, 0.4) is 0 Å². The van der Waals surface area contributed by atoms with Crippen LogP contribution in [0.15, 0.2) is 42.6 Å². The predicted octanol–water partition coefficient (Wildman–Crippen LogP) is 4.13. The van der Waals surface area contributed by atoms with Crippen LogP contribution >= 0.6 is 0 Å². The van der Waals surface area contributed by atoms with Gasteiger partial charge in [0.15, 0.2) is 0 Å². The van der Waals surface area contributed by atoms with Gasteiger partial charge in [-0.05, 0) is 49.4 Å². The van der Waals surface area contributed by atoms with Crippen molar-refractivity contribution in [2.24, 2.45) is 0 Å². The van der Waals surface area contributed by atoms with Gasteiger partial charge in [0.1, 0.15) is 5.82 Å². The maximum absolute atomic E-state index is 9.06. The third kappa shape index (κ3) is 2.52. The van der Waals surface area contributed by atoms with Crippen molar-refractivity contribution in [2.75, 3.05) is 18.0 Å². The highest BCUT2D eigenvalue weighted by Gasteiger charge is 2.25. The summed E-state index contributed by atoms with van der Waals surface area (Å²) in [6.07, 6.45) is 3.95. The second-order valence-electron chi connectivity index (χ2n) is 6.49. The maximum atomic E-state index is 9.06. The highest BCUT2D eigenvalue weighted by molar-refractivity contribution is 5.85. The van der Waals surface area contributed by atoms with Gasteiger partial charge in [0.25, 0.3) is 0 Å².